The number of nitrogens with one attached hydrogen (secondary N) is 2. The topological polar surface area (TPSA) is 93.4 Å². The predicted molar refractivity (Wildman–Crippen MR) is 83.8 cm³/mol. The summed E-state index contributed by atoms with van der Waals surface area (Å²) in [5.41, 5.74) is 6.83. The molecule has 2 rings (SSSR count). The van der Waals surface area contributed by atoms with Gasteiger partial charge < -0.3 is 21.1 Å². The van der Waals surface area contributed by atoms with E-state index >= 15 is 0 Å². The Morgan fingerprint density at radius 2 is 1.91 bits per heavy atom. The van der Waals surface area contributed by atoms with E-state index in [1.54, 1.807) is 31.4 Å². The lowest BCUT2D eigenvalue weighted by atomic mass is 10.1. The number of benzene rings is 2. The molecule has 0 heterocycles. The molecule has 6 nitrogen and oxygen atoms in total. The van der Waals surface area contributed by atoms with Gasteiger partial charge in [0.25, 0.3) is 5.91 Å². The fourth-order valence-corrected chi connectivity index (χ4v) is 2.01. The quantitative estimate of drug-likeness (QED) is 0.789. The fraction of sp³-hybridized carbons (Fsp3) is 0.125. The van der Waals surface area contributed by atoms with Gasteiger partial charge in [0.2, 0.25) is 0 Å². The molecule has 0 unspecified atom stereocenters. The molecule has 0 atom stereocenters. The number of hydrogen-bond donors (Lipinski definition) is 3. The van der Waals surface area contributed by atoms with Gasteiger partial charge >= 0.3 is 6.03 Å². The number of methoxy groups -OCH3 is 1. The van der Waals surface area contributed by atoms with E-state index in [4.69, 9.17) is 10.5 Å². The van der Waals surface area contributed by atoms with Crippen LogP contribution < -0.4 is 21.1 Å². The molecular formula is C16H17N3O3. The first-order valence-corrected chi connectivity index (χ1v) is 6.67. The maximum Gasteiger partial charge on any atom is 0.316 e. The largest absolute Gasteiger partial charge is 0.496 e. The Morgan fingerprint density at radius 1 is 1.14 bits per heavy atom. The number of primary amides is 1. The smallest absolute Gasteiger partial charge is 0.316 e. The maximum atomic E-state index is 12.2. The second-order valence-electron chi connectivity index (χ2n) is 4.56. The number of amides is 3. The van der Waals surface area contributed by atoms with Crippen LogP contribution in [0.1, 0.15) is 15.9 Å². The first-order chi connectivity index (χ1) is 10.6. The number of ether oxygens (including phenoxy) is 1. The van der Waals surface area contributed by atoms with E-state index < -0.39 is 6.03 Å². The van der Waals surface area contributed by atoms with Crippen LogP contribution in [0.15, 0.2) is 48.5 Å². The molecule has 0 saturated carbocycles. The van der Waals surface area contributed by atoms with Gasteiger partial charge in [-0.05, 0) is 24.3 Å². The summed E-state index contributed by atoms with van der Waals surface area (Å²) in [5.74, 6) is 0.464. The molecule has 114 valence electrons. The Hall–Kier alpha value is -3.02. The number of hydrogen-bond acceptors (Lipinski definition) is 3. The van der Waals surface area contributed by atoms with E-state index in [0.717, 1.165) is 5.56 Å². The van der Waals surface area contributed by atoms with Crippen LogP contribution in [-0.4, -0.2) is 19.0 Å². The van der Waals surface area contributed by atoms with E-state index in [9.17, 15) is 9.59 Å². The Bertz CT molecular complexity index is 686. The molecule has 0 bridgehead atoms. The summed E-state index contributed by atoms with van der Waals surface area (Å²) < 4.78 is 5.23. The minimum Gasteiger partial charge on any atom is -0.496 e. The molecule has 2 aromatic carbocycles. The Labute approximate surface area is 128 Å². The summed E-state index contributed by atoms with van der Waals surface area (Å²) >= 11 is 0. The van der Waals surface area contributed by atoms with E-state index in [-0.39, 0.29) is 5.91 Å². The Morgan fingerprint density at radius 3 is 2.64 bits per heavy atom. The zero-order valence-electron chi connectivity index (χ0n) is 12.1. The van der Waals surface area contributed by atoms with Crippen LogP contribution in [0.4, 0.5) is 10.5 Å². The SMILES string of the molecule is COc1ccccc1CNC(=O)c1cccc(NC(N)=O)c1. The highest BCUT2D eigenvalue weighted by atomic mass is 16.5. The summed E-state index contributed by atoms with van der Waals surface area (Å²) in [6.45, 7) is 0.344. The average molecular weight is 299 g/mol. The summed E-state index contributed by atoms with van der Waals surface area (Å²) in [6, 6.07) is 13.3. The summed E-state index contributed by atoms with van der Waals surface area (Å²) in [7, 11) is 1.58. The van der Waals surface area contributed by atoms with Crippen LogP contribution in [-0.2, 0) is 6.54 Å². The second-order valence-corrected chi connectivity index (χ2v) is 4.56. The van der Waals surface area contributed by atoms with Crippen molar-refractivity contribution in [2.75, 3.05) is 12.4 Å². The molecule has 0 spiro atoms. The molecule has 2 aromatic rings. The van der Waals surface area contributed by atoms with Crippen LogP contribution in [0.25, 0.3) is 0 Å². The van der Waals surface area contributed by atoms with Crippen molar-refractivity contribution in [1.29, 1.82) is 0 Å². The third-order valence-electron chi connectivity index (χ3n) is 3.02. The van der Waals surface area contributed by atoms with Crippen molar-refractivity contribution in [2.45, 2.75) is 6.54 Å². The highest BCUT2D eigenvalue weighted by Gasteiger charge is 2.08. The van der Waals surface area contributed by atoms with Gasteiger partial charge in [-0.25, -0.2) is 4.79 Å². The molecule has 3 amide bonds. The molecule has 0 aliphatic heterocycles. The van der Waals surface area contributed by atoms with Crippen molar-refractivity contribution in [2.24, 2.45) is 5.73 Å². The summed E-state index contributed by atoms with van der Waals surface area (Å²) in [4.78, 5) is 23.0. The van der Waals surface area contributed by atoms with Crippen molar-refractivity contribution < 1.29 is 14.3 Å². The monoisotopic (exact) mass is 299 g/mol. The number of para-hydroxylation sites is 1. The zero-order chi connectivity index (χ0) is 15.9. The normalized spacial score (nSPS) is 9.86. The van der Waals surface area contributed by atoms with Crippen molar-refractivity contribution in [1.82, 2.24) is 5.32 Å². The van der Waals surface area contributed by atoms with Crippen LogP contribution in [0.5, 0.6) is 5.75 Å². The van der Waals surface area contributed by atoms with Gasteiger partial charge in [-0.2, -0.15) is 0 Å². The minimum absolute atomic E-state index is 0.251. The minimum atomic E-state index is -0.674. The average Bonchev–Trinajstić information content (AvgIpc) is 2.52. The van der Waals surface area contributed by atoms with Crippen molar-refractivity contribution >= 4 is 17.6 Å². The first kappa shape index (κ1) is 15.4. The molecular weight excluding hydrogens is 282 g/mol. The maximum absolute atomic E-state index is 12.2. The van der Waals surface area contributed by atoms with Crippen molar-refractivity contribution in [3.8, 4) is 5.75 Å². The van der Waals surface area contributed by atoms with Gasteiger partial charge in [0.15, 0.2) is 0 Å². The number of rotatable bonds is 5. The third kappa shape index (κ3) is 3.99. The first-order valence-electron chi connectivity index (χ1n) is 6.67. The molecule has 6 heteroatoms. The molecule has 0 aromatic heterocycles. The summed E-state index contributed by atoms with van der Waals surface area (Å²) in [6.07, 6.45) is 0. The number of carbonyl (C=O) groups is 2. The van der Waals surface area contributed by atoms with Gasteiger partial charge in [0.05, 0.1) is 7.11 Å². The van der Waals surface area contributed by atoms with E-state index in [1.165, 1.54) is 0 Å². The van der Waals surface area contributed by atoms with E-state index in [0.29, 0.717) is 23.5 Å². The lowest BCUT2D eigenvalue weighted by molar-refractivity contribution is 0.0950. The van der Waals surface area contributed by atoms with E-state index in [2.05, 4.69) is 10.6 Å². The number of urea groups is 1. The van der Waals surface area contributed by atoms with Crippen LogP contribution in [0.3, 0.4) is 0 Å². The molecule has 4 N–H and O–H groups in total. The van der Waals surface area contributed by atoms with E-state index in [1.807, 2.05) is 24.3 Å². The van der Waals surface area contributed by atoms with Gasteiger partial charge in [-0.3, -0.25) is 4.79 Å². The van der Waals surface area contributed by atoms with Gasteiger partial charge in [-0.1, -0.05) is 24.3 Å². The fourth-order valence-electron chi connectivity index (χ4n) is 2.01. The van der Waals surface area contributed by atoms with Crippen LogP contribution >= 0.6 is 0 Å². The number of carbonyl (C=O) groups excluding carboxylic acids is 2. The summed E-state index contributed by atoms with van der Waals surface area (Å²) in [5, 5.41) is 5.24. The molecule has 0 saturated heterocycles. The predicted octanol–water partition coefficient (Wildman–Crippen LogP) is 2.12. The van der Waals surface area contributed by atoms with Gasteiger partial charge in [-0.15, -0.1) is 0 Å². The lowest BCUT2D eigenvalue weighted by Gasteiger charge is -2.10. The second kappa shape index (κ2) is 7.12. The highest BCUT2D eigenvalue weighted by molar-refractivity contribution is 5.96. The number of anilines is 1. The van der Waals surface area contributed by atoms with Crippen LogP contribution in [0, 0.1) is 0 Å². The van der Waals surface area contributed by atoms with Gasteiger partial charge in [0, 0.05) is 23.4 Å². The third-order valence-corrected chi connectivity index (χ3v) is 3.02. The molecule has 0 radical (unpaired) electrons. The molecule has 0 fully saturated rings. The number of nitrogens with two attached hydrogens (primary N) is 1. The Kier molecular flexibility index (Phi) is 4.98. The van der Waals surface area contributed by atoms with Crippen molar-refractivity contribution in [3.05, 3.63) is 59.7 Å². The highest BCUT2D eigenvalue weighted by Crippen LogP contribution is 2.17. The zero-order valence-corrected chi connectivity index (χ0v) is 12.1. The van der Waals surface area contributed by atoms with Crippen LogP contribution in [0.2, 0.25) is 0 Å². The molecule has 22 heavy (non-hydrogen) atoms. The molecule has 0 aliphatic rings. The van der Waals surface area contributed by atoms with Gasteiger partial charge in [0.1, 0.15) is 5.75 Å². The lowest BCUT2D eigenvalue weighted by Crippen LogP contribution is -2.24. The Balaban J connectivity index is 2.04. The standard InChI is InChI=1S/C16H17N3O3/c1-22-14-8-3-2-5-12(14)10-18-15(20)11-6-4-7-13(9-11)19-16(17)21/h2-9H,10H2,1H3,(H,18,20)(H3,17,19,21). The molecule has 0 aliphatic carbocycles. The van der Waals surface area contributed by atoms with Crippen molar-refractivity contribution in [3.63, 3.8) is 0 Å².